The molecule has 140 valence electrons. The van der Waals surface area contributed by atoms with Crippen molar-refractivity contribution in [3.05, 3.63) is 17.8 Å². The second-order valence-corrected chi connectivity index (χ2v) is 8.78. The smallest absolute Gasteiger partial charge is 0.322 e. The third kappa shape index (κ3) is 3.79. The van der Waals surface area contributed by atoms with Gasteiger partial charge in [-0.3, -0.25) is 4.79 Å². The van der Waals surface area contributed by atoms with Crippen molar-refractivity contribution in [3.63, 3.8) is 0 Å². The molecule has 1 saturated heterocycles. The Morgan fingerprint density at radius 1 is 1.44 bits per heavy atom. The summed E-state index contributed by atoms with van der Waals surface area (Å²) in [5, 5.41) is 9.44. The molecule has 2 atom stereocenters. The Balaban J connectivity index is 2.58. The summed E-state index contributed by atoms with van der Waals surface area (Å²) >= 11 is 0. The Bertz CT molecular complexity index is 748. The van der Waals surface area contributed by atoms with Gasteiger partial charge in [0.25, 0.3) is 0 Å². The average Bonchev–Trinajstić information content (AvgIpc) is 2.90. The summed E-state index contributed by atoms with van der Waals surface area (Å²) in [6.45, 7) is 10.4. The van der Waals surface area contributed by atoms with Gasteiger partial charge in [0, 0.05) is 24.8 Å². The van der Waals surface area contributed by atoms with Crippen LogP contribution < -0.4 is 4.90 Å². The molecule has 2 heterocycles. The van der Waals surface area contributed by atoms with E-state index in [0.29, 0.717) is 18.8 Å². The highest BCUT2D eigenvalue weighted by Gasteiger charge is 2.44. The summed E-state index contributed by atoms with van der Waals surface area (Å²) in [4.78, 5) is 18.0. The third-order valence-corrected chi connectivity index (χ3v) is 6.45. The Morgan fingerprint density at radius 3 is 2.60 bits per heavy atom. The van der Waals surface area contributed by atoms with Crippen LogP contribution in [0.15, 0.2) is 17.0 Å². The van der Waals surface area contributed by atoms with Crippen LogP contribution in [0.5, 0.6) is 0 Å². The first-order valence-corrected chi connectivity index (χ1v) is 10.0. The molecule has 0 aromatic carbocycles. The first kappa shape index (κ1) is 19.7. The second kappa shape index (κ2) is 7.29. The fourth-order valence-electron chi connectivity index (χ4n) is 3.32. The molecule has 0 aliphatic carbocycles. The summed E-state index contributed by atoms with van der Waals surface area (Å²) in [6.07, 6.45) is 0.324. The lowest BCUT2D eigenvalue weighted by Crippen LogP contribution is -2.41. The standard InChI is InChI=1S/C17H27N3O4S/c1-6-19(11(2)3)16-15(8-7-13(5)18-16)25(23,24)20-10-12(4)9-14(20)17(21)22/h7-8,11-12,14H,6,9-10H2,1-5H3,(H,21,22)/t12-,14-/m1/s1. The maximum atomic E-state index is 13.3. The van der Waals surface area contributed by atoms with Gasteiger partial charge in [-0.1, -0.05) is 6.92 Å². The SMILES string of the molecule is CCN(c1nc(C)ccc1S(=O)(=O)N1C[C@H](C)C[C@@H]1C(=O)O)C(C)C. The lowest BCUT2D eigenvalue weighted by molar-refractivity contribution is -0.140. The van der Waals surface area contributed by atoms with Crippen LogP contribution in [0.3, 0.4) is 0 Å². The highest BCUT2D eigenvalue weighted by molar-refractivity contribution is 7.89. The van der Waals surface area contributed by atoms with E-state index in [1.165, 1.54) is 0 Å². The lowest BCUT2D eigenvalue weighted by atomic mass is 10.1. The molecule has 25 heavy (non-hydrogen) atoms. The summed E-state index contributed by atoms with van der Waals surface area (Å²) in [5.41, 5.74) is 0.720. The Kier molecular flexibility index (Phi) is 5.73. The molecule has 1 fully saturated rings. The number of anilines is 1. The van der Waals surface area contributed by atoms with Gasteiger partial charge in [0.05, 0.1) is 0 Å². The number of sulfonamides is 1. The number of carboxylic acids is 1. The van der Waals surface area contributed by atoms with E-state index in [0.717, 1.165) is 10.00 Å². The topological polar surface area (TPSA) is 90.8 Å². The van der Waals surface area contributed by atoms with E-state index in [2.05, 4.69) is 4.98 Å². The van der Waals surface area contributed by atoms with Crippen molar-refractivity contribution >= 4 is 21.8 Å². The van der Waals surface area contributed by atoms with Crippen molar-refractivity contribution < 1.29 is 18.3 Å². The van der Waals surface area contributed by atoms with Crippen LogP contribution in [0, 0.1) is 12.8 Å². The number of aryl methyl sites for hydroxylation is 1. The van der Waals surface area contributed by atoms with E-state index in [4.69, 9.17) is 0 Å². The van der Waals surface area contributed by atoms with Crippen molar-refractivity contribution in [2.24, 2.45) is 5.92 Å². The Labute approximate surface area is 149 Å². The van der Waals surface area contributed by atoms with Crippen molar-refractivity contribution in [2.45, 2.75) is 58.0 Å². The zero-order valence-corrected chi connectivity index (χ0v) is 16.2. The second-order valence-electron chi connectivity index (χ2n) is 6.92. The van der Waals surface area contributed by atoms with Gasteiger partial charge >= 0.3 is 5.97 Å². The Morgan fingerprint density at radius 2 is 2.08 bits per heavy atom. The zero-order valence-electron chi connectivity index (χ0n) is 15.4. The van der Waals surface area contributed by atoms with E-state index in [1.807, 2.05) is 39.5 Å². The molecule has 0 spiro atoms. The number of aliphatic carboxylic acids is 1. The largest absolute Gasteiger partial charge is 0.480 e. The zero-order chi connectivity index (χ0) is 18.9. The molecule has 2 rings (SSSR count). The van der Waals surface area contributed by atoms with Crippen molar-refractivity contribution in [2.75, 3.05) is 18.0 Å². The van der Waals surface area contributed by atoms with Crippen LogP contribution in [-0.2, 0) is 14.8 Å². The van der Waals surface area contributed by atoms with E-state index in [1.54, 1.807) is 12.1 Å². The fourth-order valence-corrected chi connectivity index (χ4v) is 5.17. The van der Waals surface area contributed by atoms with Crippen molar-refractivity contribution in [1.82, 2.24) is 9.29 Å². The molecule has 1 N–H and O–H groups in total. The van der Waals surface area contributed by atoms with Gasteiger partial charge in [0.2, 0.25) is 10.0 Å². The fraction of sp³-hybridized carbons (Fsp3) is 0.647. The predicted molar refractivity (Wildman–Crippen MR) is 96.2 cm³/mol. The molecule has 8 heteroatoms. The molecular formula is C17H27N3O4S. The highest BCUT2D eigenvalue weighted by atomic mass is 32.2. The summed E-state index contributed by atoms with van der Waals surface area (Å²) in [5.74, 6) is -0.711. The van der Waals surface area contributed by atoms with E-state index in [-0.39, 0.29) is 23.4 Å². The molecule has 0 unspecified atom stereocenters. The molecule has 0 amide bonds. The molecule has 1 aliphatic heterocycles. The number of pyridine rings is 1. The quantitative estimate of drug-likeness (QED) is 0.826. The monoisotopic (exact) mass is 369 g/mol. The van der Waals surface area contributed by atoms with Crippen molar-refractivity contribution in [3.8, 4) is 0 Å². The van der Waals surface area contributed by atoms with Gasteiger partial charge in [0.15, 0.2) is 0 Å². The van der Waals surface area contributed by atoms with E-state index >= 15 is 0 Å². The number of hydrogen-bond acceptors (Lipinski definition) is 5. The molecular weight excluding hydrogens is 342 g/mol. The van der Waals surface area contributed by atoms with Crippen molar-refractivity contribution in [1.29, 1.82) is 0 Å². The van der Waals surface area contributed by atoms with Gasteiger partial charge in [-0.25, -0.2) is 13.4 Å². The summed E-state index contributed by atoms with van der Waals surface area (Å²) in [6, 6.07) is 2.24. The Hall–Kier alpha value is -1.67. The molecule has 1 aliphatic rings. The van der Waals surface area contributed by atoms with Gasteiger partial charge < -0.3 is 10.0 Å². The molecule has 0 bridgehead atoms. The number of nitrogens with zero attached hydrogens (tertiary/aromatic N) is 3. The molecule has 7 nitrogen and oxygen atoms in total. The maximum Gasteiger partial charge on any atom is 0.322 e. The number of hydrogen-bond donors (Lipinski definition) is 1. The minimum Gasteiger partial charge on any atom is -0.480 e. The predicted octanol–water partition coefficient (Wildman–Crippen LogP) is 2.11. The number of carboxylic acid groups (broad SMARTS) is 1. The lowest BCUT2D eigenvalue weighted by Gasteiger charge is -2.30. The third-order valence-electron chi connectivity index (χ3n) is 4.55. The molecule has 0 radical (unpaired) electrons. The molecule has 1 aromatic heterocycles. The van der Waals surface area contributed by atoms with Gasteiger partial charge in [-0.2, -0.15) is 4.31 Å². The first-order chi connectivity index (χ1) is 11.6. The van der Waals surface area contributed by atoms with Crippen LogP contribution in [0.2, 0.25) is 0 Å². The van der Waals surface area contributed by atoms with Gasteiger partial charge in [0.1, 0.15) is 16.8 Å². The van der Waals surface area contributed by atoms with Gasteiger partial charge in [-0.05, 0) is 52.2 Å². The van der Waals surface area contributed by atoms with Gasteiger partial charge in [-0.15, -0.1) is 0 Å². The molecule has 0 saturated carbocycles. The number of aromatic nitrogens is 1. The normalized spacial score (nSPS) is 21.7. The number of carbonyl (C=O) groups is 1. The number of rotatable bonds is 6. The highest BCUT2D eigenvalue weighted by Crippen LogP contribution is 2.33. The van der Waals surface area contributed by atoms with Crippen LogP contribution in [0.4, 0.5) is 5.82 Å². The molecule has 1 aromatic rings. The van der Waals surface area contributed by atoms with Crippen LogP contribution in [0.25, 0.3) is 0 Å². The minimum atomic E-state index is -3.95. The van der Waals surface area contributed by atoms with Crippen LogP contribution in [0.1, 0.15) is 39.8 Å². The van der Waals surface area contributed by atoms with Crippen LogP contribution >= 0.6 is 0 Å². The first-order valence-electron chi connectivity index (χ1n) is 8.58. The minimum absolute atomic E-state index is 0.00473. The van der Waals surface area contributed by atoms with E-state index in [9.17, 15) is 18.3 Å². The average molecular weight is 369 g/mol. The summed E-state index contributed by atoms with van der Waals surface area (Å²) < 4.78 is 27.6. The van der Waals surface area contributed by atoms with E-state index < -0.39 is 22.0 Å². The van der Waals surface area contributed by atoms with Crippen LogP contribution in [-0.4, -0.2) is 54.0 Å². The maximum absolute atomic E-state index is 13.3. The summed E-state index contributed by atoms with van der Waals surface area (Å²) in [7, 11) is -3.95.